The summed E-state index contributed by atoms with van der Waals surface area (Å²) in [7, 11) is 1.91. The smallest absolute Gasteiger partial charge is 0.169 e. The average Bonchev–Trinajstić information content (AvgIpc) is 3.24. The summed E-state index contributed by atoms with van der Waals surface area (Å²) in [4.78, 5) is 4.52. The van der Waals surface area contributed by atoms with Crippen molar-refractivity contribution in [2.75, 3.05) is 12.4 Å². The summed E-state index contributed by atoms with van der Waals surface area (Å²) in [6, 6.07) is 27.7. The van der Waals surface area contributed by atoms with E-state index in [0.29, 0.717) is 23.5 Å². The fraction of sp³-hybridized carbons (Fsp3) is 0.115. The molecule has 0 spiro atoms. The highest BCUT2D eigenvalue weighted by atomic mass is 16.5. The summed E-state index contributed by atoms with van der Waals surface area (Å²) in [5, 5.41) is 18.0. The number of nitrogens with zero attached hydrogens (tertiary/aromatic N) is 4. The molecule has 4 aromatic rings. The van der Waals surface area contributed by atoms with Crippen LogP contribution in [0.4, 0.5) is 11.5 Å². The van der Waals surface area contributed by atoms with Gasteiger partial charge in [0.2, 0.25) is 0 Å². The molecule has 1 atom stereocenters. The van der Waals surface area contributed by atoms with E-state index >= 15 is 0 Å². The highest BCUT2D eigenvalue weighted by Crippen LogP contribution is 2.39. The molecule has 0 radical (unpaired) electrons. The van der Waals surface area contributed by atoms with Crippen LogP contribution in [0.3, 0.4) is 0 Å². The number of nitrogens with one attached hydrogen (secondary N) is 1. The Morgan fingerprint density at radius 2 is 1.69 bits per heavy atom. The molecule has 32 heavy (non-hydrogen) atoms. The molecule has 3 aromatic carbocycles. The van der Waals surface area contributed by atoms with Crippen molar-refractivity contribution in [2.24, 2.45) is 4.99 Å². The first-order valence-electron chi connectivity index (χ1n) is 10.4. The summed E-state index contributed by atoms with van der Waals surface area (Å²) >= 11 is 0. The first kappa shape index (κ1) is 19.6. The van der Waals surface area contributed by atoms with Gasteiger partial charge in [0, 0.05) is 36.5 Å². The second-order valence-electron chi connectivity index (χ2n) is 7.44. The van der Waals surface area contributed by atoms with Crippen molar-refractivity contribution in [2.45, 2.75) is 12.5 Å². The number of hydrogen-bond donors (Lipinski definition) is 1. The van der Waals surface area contributed by atoms with Gasteiger partial charge in [-0.25, -0.2) is 9.67 Å². The first-order valence-corrected chi connectivity index (χ1v) is 10.4. The number of fused-ring (bicyclic) bond motifs is 1. The molecule has 1 unspecified atom stereocenters. The number of aliphatic imine (C=N–C) groups is 1. The zero-order valence-corrected chi connectivity index (χ0v) is 17.6. The van der Waals surface area contributed by atoms with Gasteiger partial charge in [0.05, 0.1) is 6.04 Å². The zero-order chi connectivity index (χ0) is 21.9. The average molecular weight is 419 g/mol. The van der Waals surface area contributed by atoms with E-state index in [4.69, 9.17) is 9.84 Å². The first-order chi connectivity index (χ1) is 15.8. The third-order valence-electron chi connectivity index (χ3n) is 5.53. The van der Waals surface area contributed by atoms with Crippen LogP contribution in [0.25, 0.3) is 11.3 Å². The summed E-state index contributed by atoms with van der Waals surface area (Å²) in [5.74, 6) is 2.09. The van der Waals surface area contributed by atoms with Crippen LogP contribution >= 0.6 is 0 Å². The molecule has 1 N–H and O–H groups in total. The Balaban J connectivity index is 1.52. The van der Waals surface area contributed by atoms with Gasteiger partial charge in [-0.15, -0.1) is 0 Å². The van der Waals surface area contributed by atoms with Gasteiger partial charge in [-0.1, -0.05) is 36.4 Å². The number of ether oxygens (including phenoxy) is 1. The SMILES string of the molecule is CNc1ccccc1C1CC=Nc2c(C#N)c(-c3ccc(Oc4ccccc4)cc3)nn21. The minimum absolute atomic E-state index is 0.0345. The number of rotatable bonds is 5. The maximum Gasteiger partial charge on any atom is 0.169 e. The van der Waals surface area contributed by atoms with Gasteiger partial charge in [-0.05, 0) is 42.5 Å². The molecule has 6 nitrogen and oxygen atoms in total. The van der Waals surface area contributed by atoms with E-state index in [1.807, 2.05) is 90.7 Å². The monoisotopic (exact) mass is 419 g/mol. The summed E-state index contributed by atoms with van der Waals surface area (Å²) in [5.41, 5.74) is 4.10. The lowest BCUT2D eigenvalue weighted by Crippen LogP contribution is -2.17. The van der Waals surface area contributed by atoms with E-state index in [0.717, 1.165) is 28.3 Å². The zero-order valence-electron chi connectivity index (χ0n) is 17.6. The van der Waals surface area contributed by atoms with Crippen LogP contribution in [0.2, 0.25) is 0 Å². The fourth-order valence-corrected chi connectivity index (χ4v) is 3.99. The number of hydrogen-bond acceptors (Lipinski definition) is 5. The number of benzene rings is 3. The molecule has 1 aliphatic heterocycles. The van der Waals surface area contributed by atoms with Crippen LogP contribution in [0.1, 0.15) is 23.6 Å². The number of aromatic nitrogens is 2. The normalized spacial score (nSPS) is 14.4. The third-order valence-corrected chi connectivity index (χ3v) is 5.53. The van der Waals surface area contributed by atoms with E-state index in [9.17, 15) is 5.26 Å². The molecule has 0 saturated carbocycles. The lowest BCUT2D eigenvalue weighted by Gasteiger charge is -2.23. The largest absolute Gasteiger partial charge is 0.457 e. The van der Waals surface area contributed by atoms with E-state index < -0.39 is 0 Å². The van der Waals surface area contributed by atoms with Crippen molar-refractivity contribution in [3.8, 4) is 28.8 Å². The molecule has 0 bridgehead atoms. The topological polar surface area (TPSA) is 75.2 Å². The van der Waals surface area contributed by atoms with Crippen molar-refractivity contribution >= 4 is 17.7 Å². The Kier molecular flexibility index (Phi) is 5.14. The molecule has 156 valence electrons. The van der Waals surface area contributed by atoms with Gasteiger partial charge in [-0.2, -0.15) is 10.4 Å². The Morgan fingerprint density at radius 1 is 0.969 bits per heavy atom. The van der Waals surface area contributed by atoms with Gasteiger partial charge in [0.15, 0.2) is 5.82 Å². The van der Waals surface area contributed by atoms with Crippen LogP contribution in [-0.2, 0) is 0 Å². The maximum atomic E-state index is 9.92. The standard InChI is InChI=1S/C26H21N5O/c1-28-23-10-6-5-9-21(23)24-15-16-29-26-22(17-27)25(30-31(24)26)18-11-13-20(14-12-18)32-19-7-3-2-4-8-19/h2-14,16,24,28H,15H2,1H3. The van der Waals surface area contributed by atoms with E-state index in [2.05, 4.69) is 22.4 Å². The molecule has 2 heterocycles. The molecular formula is C26H21N5O. The van der Waals surface area contributed by atoms with Crippen LogP contribution in [0.5, 0.6) is 11.5 Å². The molecule has 0 amide bonds. The highest BCUT2D eigenvalue weighted by Gasteiger charge is 2.28. The van der Waals surface area contributed by atoms with Crippen LogP contribution in [0.15, 0.2) is 83.9 Å². The minimum atomic E-state index is -0.0345. The quantitative estimate of drug-likeness (QED) is 0.434. The summed E-state index contributed by atoms with van der Waals surface area (Å²) in [6.07, 6.45) is 2.58. The Bertz CT molecular complexity index is 1320. The number of nitriles is 1. The Labute approximate surface area is 186 Å². The van der Waals surface area contributed by atoms with Gasteiger partial charge in [0.1, 0.15) is 28.8 Å². The summed E-state index contributed by atoms with van der Waals surface area (Å²) < 4.78 is 7.76. The van der Waals surface area contributed by atoms with E-state index in [-0.39, 0.29) is 6.04 Å². The molecule has 6 heteroatoms. The molecule has 0 aliphatic carbocycles. The Morgan fingerprint density at radius 3 is 2.44 bits per heavy atom. The molecule has 5 rings (SSSR count). The summed E-state index contributed by atoms with van der Waals surface area (Å²) in [6.45, 7) is 0. The van der Waals surface area contributed by atoms with Gasteiger partial charge in [-0.3, -0.25) is 0 Å². The second-order valence-corrected chi connectivity index (χ2v) is 7.44. The fourth-order valence-electron chi connectivity index (χ4n) is 3.99. The van der Waals surface area contributed by atoms with Crippen molar-refractivity contribution in [1.29, 1.82) is 5.26 Å². The van der Waals surface area contributed by atoms with Gasteiger partial charge in [0.25, 0.3) is 0 Å². The molecule has 1 aromatic heterocycles. The minimum Gasteiger partial charge on any atom is -0.457 e. The van der Waals surface area contributed by atoms with Crippen molar-refractivity contribution in [3.63, 3.8) is 0 Å². The third kappa shape index (κ3) is 3.50. The lowest BCUT2D eigenvalue weighted by molar-refractivity contribution is 0.483. The van der Waals surface area contributed by atoms with Gasteiger partial charge >= 0.3 is 0 Å². The number of para-hydroxylation sites is 2. The molecule has 1 aliphatic rings. The van der Waals surface area contributed by atoms with Gasteiger partial charge < -0.3 is 10.1 Å². The van der Waals surface area contributed by atoms with E-state index in [1.54, 1.807) is 0 Å². The van der Waals surface area contributed by atoms with Crippen molar-refractivity contribution in [3.05, 3.63) is 90.0 Å². The van der Waals surface area contributed by atoms with Crippen LogP contribution in [-0.4, -0.2) is 23.0 Å². The molecule has 0 fully saturated rings. The second kappa shape index (κ2) is 8.40. The van der Waals surface area contributed by atoms with Crippen molar-refractivity contribution < 1.29 is 4.74 Å². The lowest BCUT2D eigenvalue weighted by atomic mass is 10.0. The predicted octanol–water partition coefficient (Wildman–Crippen LogP) is 5.95. The van der Waals surface area contributed by atoms with E-state index in [1.165, 1.54) is 0 Å². The van der Waals surface area contributed by atoms with Crippen molar-refractivity contribution in [1.82, 2.24) is 9.78 Å². The van der Waals surface area contributed by atoms with Crippen LogP contribution < -0.4 is 10.1 Å². The predicted molar refractivity (Wildman–Crippen MR) is 126 cm³/mol. The molecular weight excluding hydrogens is 398 g/mol. The highest BCUT2D eigenvalue weighted by molar-refractivity contribution is 5.77. The number of anilines is 1. The molecule has 0 saturated heterocycles. The Hall–Kier alpha value is -4.37. The maximum absolute atomic E-state index is 9.92. The van der Waals surface area contributed by atoms with Crippen LogP contribution in [0, 0.1) is 11.3 Å².